The van der Waals surface area contributed by atoms with E-state index >= 15 is 0 Å². The Labute approximate surface area is 155 Å². The molecule has 7 heteroatoms. The summed E-state index contributed by atoms with van der Waals surface area (Å²) in [6.45, 7) is 1.67. The van der Waals surface area contributed by atoms with E-state index in [0.29, 0.717) is 26.4 Å². The fraction of sp³-hybridized carbons (Fsp3) is 0.176. The molecule has 0 aliphatic rings. The molecule has 126 valence electrons. The molecule has 1 N–H and O–H groups in total. The average molecular weight is 386 g/mol. The van der Waals surface area contributed by atoms with Gasteiger partial charge in [-0.1, -0.05) is 40.9 Å². The number of hydrogen-bond acceptors (Lipinski definition) is 2. The zero-order chi connectivity index (χ0) is 17.7. The third-order valence-electron chi connectivity index (χ3n) is 3.21. The molecule has 4 nitrogen and oxygen atoms in total. The molecule has 2 aromatic carbocycles. The molecular formula is C17H15Cl3N2O2. The van der Waals surface area contributed by atoms with E-state index in [2.05, 4.69) is 5.32 Å². The van der Waals surface area contributed by atoms with E-state index in [1.54, 1.807) is 42.5 Å². The summed E-state index contributed by atoms with van der Waals surface area (Å²) >= 11 is 17.7. The van der Waals surface area contributed by atoms with Gasteiger partial charge in [0.2, 0.25) is 11.8 Å². The van der Waals surface area contributed by atoms with Gasteiger partial charge >= 0.3 is 0 Å². The first kappa shape index (κ1) is 18.6. The number of rotatable bonds is 5. The molecule has 24 heavy (non-hydrogen) atoms. The lowest BCUT2D eigenvalue weighted by atomic mass is 10.2. The average Bonchev–Trinajstić information content (AvgIpc) is 2.46. The maximum Gasteiger partial charge on any atom is 0.226 e. The van der Waals surface area contributed by atoms with Crippen LogP contribution in [0.2, 0.25) is 15.1 Å². The number of benzene rings is 2. The fourth-order valence-electron chi connectivity index (χ4n) is 2.18. The Balaban J connectivity index is 2.01. The normalized spacial score (nSPS) is 10.3. The number of hydrogen-bond donors (Lipinski definition) is 1. The Morgan fingerprint density at radius 2 is 1.67 bits per heavy atom. The smallest absolute Gasteiger partial charge is 0.226 e. The van der Waals surface area contributed by atoms with E-state index in [-0.39, 0.29) is 24.8 Å². The number of carbonyl (C=O) groups excluding carboxylic acids is 2. The second kappa shape index (κ2) is 8.38. The van der Waals surface area contributed by atoms with Crippen molar-refractivity contribution >= 4 is 58.0 Å². The first-order valence-corrected chi connectivity index (χ1v) is 8.28. The summed E-state index contributed by atoms with van der Waals surface area (Å²) in [4.78, 5) is 25.4. The quantitative estimate of drug-likeness (QED) is 0.785. The minimum atomic E-state index is -0.249. The Morgan fingerprint density at radius 1 is 1.00 bits per heavy atom. The molecule has 0 spiro atoms. The SMILES string of the molecule is CC(=O)N(CCC(=O)Nc1cc(Cl)cc(Cl)c1)c1cccc(Cl)c1. The third-order valence-corrected chi connectivity index (χ3v) is 3.88. The van der Waals surface area contributed by atoms with Crippen molar-refractivity contribution in [1.82, 2.24) is 0 Å². The van der Waals surface area contributed by atoms with Crippen LogP contribution < -0.4 is 10.2 Å². The number of halogens is 3. The van der Waals surface area contributed by atoms with E-state index in [1.807, 2.05) is 0 Å². The largest absolute Gasteiger partial charge is 0.326 e. The van der Waals surface area contributed by atoms with Crippen LogP contribution in [0.1, 0.15) is 13.3 Å². The minimum absolute atomic E-state index is 0.121. The van der Waals surface area contributed by atoms with Crippen LogP contribution in [-0.2, 0) is 9.59 Å². The van der Waals surface area contributed by atoms with Crippen molar-refractivity contribution in [3.8, 4) is 0 Å². The van der Waals surface area contributed by atoms with Gasteiger partial charge in [0.15, 0.2) is 0 Å². The van der Waals surface area contributed by atoms with Crippen molar-refractivity contribution in [3.05, 3.63) is 57.5 Å². The molecule has 2 amide bonds. The number of carbonyl (C=O) groups is 2. The second-order valence-electron chi connectivity index (χ2n) is 5.11. The van der Waals surface area contributed by atoms with Crippen molar-refractivity contribution in [3.63, 3.8) is 0 Å². The van der Waals surface area contributed by atoms with Crippen LogP contribution in [0, 0.1) is 0 Å². The first-order chi connectivity index (χ1) is 11.3. The highest BCUT2D eigenvalue weighted by atomic mass is 35.5. The molecule has 0 radical (unpaired) electrons. The lowest BCUT2D eigenvalue weighted by Gasteiger charge is -2.21. The molecule has 0 heterocycles. The number of amides is 2. The summed E-state index contributed by atoms with van der Waals surface area (Å²) in [6.07, 6.45) is 0.121. The maximum absolute atomic E-state index is 12.1. The van der Waals surface area contributed by atoms with Gasteiger partial charge in [0.25, 0.3) is 0 Å². The van der Waals surface area contributed by atoms with Gasteiger partial charge < -0.3 is 10.2 Å². The molecule has 0 fully saturated rings. The van der Waals surface area contributed by atoms with Gasteiger partial charge in [0, 0.05) is 46.3 Å². The van der Waals surface area contributed by atoms with Gasteiger partial charge in [-0.15, -0.1) is 0 Å². The van der Waals surface area contributed by atoms with Gasteiger partial charge in [-0.05, 0) is 36.4 Å². The lowest BCUT2D eigenvalue weighted by Crippen LogP contribution is -2.31. The first-order valence-electron chi connectivity index (χ1n) is 7.15. The van der Waals surface area contributed by atoms with Gasteiger partial charge in [0.1, 0.15) is 0 Å². The molecular weight excluding hydrogens is 371 g/mol. The van der Waals surface area contributed by atoms with Gasteiger partial charge in [-0.2, -0.15) is 0 Å². The maximum atomic E-state index is 12.1. The summed E-state index contributed by atoms with van der Waals surface area (Å²) in [5.41, 5.74) is 1.16. The van der Waals surface area contributed by atoms with Crippen molar-refractivity contribution in [2.24, 2.45) is 0 Å². The molecule has 0 aliphatic heterocycles. The molecule has 0 aliphatic carbocycles. The van der Waals surface area contributed by atoms with Crippen LogP contribution in [0.25, 0.3) is 0 Å². The summed E-state index contributed by atoms with van der Waals surface area (Å²) in [5, 5.41) is 4.10. The van der Waals surface area contributed by atoms with E-state index in [4.69, 9.17) is 34.8 Å². The standard InChI is InChI=1S/C17H15Cl3N2O2/c1-11(23)22(16-4-2-3-12(18)10-16)6-5-17(24)21-15-8-13(19)7-14(20)9-15/h2-4,7-10H,5-6H2,1H3,(H,21,24). The van der Waals surface area contributed by atoms with Crippen LogP contribution in [0.15, 0.2) is 42.5 Å². The van der Waals surface area contributed by atoms with Gasteiger partial charge in [-0.3, -0.25) is 9.59 Å². The van der Waals surface area contributed by atoms with Crippen molar-refractivity contribution in [2.75, 3.05) is 16.8 Å². The van der Waals surface area contributed by atoms with E-state index in [1.165, 1.54) is 11.8 Å². The van der Waals surface area contributed by atoms with E-state index in [0.717, 1.165) is 0 Å². The molecule has 0 saturated carbocycles. The molecule has 0 atom stereocenters. The monoisotopic (exact) mass is 384 g/mol. The highest BCUT2D eigenvalue weighted by Crippen LogP contribution is 2.23. The topological polar surface area (TPSA) is 49.4 Å². The Kier molecular flexibility index (Phi) is 6.49. The van der Waals surface area contributed by atoms with E-state index < -0.39 is 0 Å². The zero-order valence-electron chi connectivity index (χ0n) is 12.9. The highest BCUT2D eigenvalue weighted by molar-refractivity contribution is 6.35. The lowest BCUT2D eigenvalue weighted by molar-refractivity contribution is -0.117. The molecule has 0 aromatic heterocycles. The molecule has 2 aromatic rings. The molecule has 0 unspecified atom stereocenters. The molecule has 0 bridgehead atoms. The predicted octanol–water partition coefficient (Wildman–Crippen LogP) is 5.03. The Bertz CT molecular complexity index is 745. The minimum Gasteiger partial charge on any atom is -0.326 e. The van der Waals surface area contributed by atoms with Crippen LogP contribution in [0.5, 0.6) is 0 Å². The van der Waals surface area contributed by atoms with Gasteiger partial charge in [0.05, 0.1) is 0 Å². The molecule has 0 saturated heterocycles. The summed E-state index contributed by atoms with van der Waals surface area (Å²) in [7, 11) is 0. The van der Waals surface area contributed by atoms with E-state index in [9.17, 15) is 9.59 Å². The van der Waals surface area contributed by atoms with Crippen LogP contribution >= 0.6 is 34.8 Å². The molecule has 2 rings (SSSR count). The number of nitrogens with one attached hydrogen (secondary N) is 1. The Morgan fingerprint density at radius 3 is 2.25 bits per heavy atom. The van der Waals surface area contributed by atoms with Crippen LogP contribution in [0.4, 0.5) is 11.4 Å². The highest BCUT2D eigenvalue weighted by Gasteiger charge is 2.14. The Hall–Kier alpha value is -1.75. The number of anilines is 2. The summed E-state index contributed by atoms with van der Waals surface area (Å²) in [6, 6.07) is 11.7. The zero-order valence-corrected chi connectivity index (χ0v) is 15.1. The summed E-state index contributed by atoms with van der Waals surface area (Å²) < 4.78 is 0. The summed E-state index contributed by atoms with van der Waals surface area (Å²) in [5.74, 6) is -0.419. The third kappa shape index (κ3) is 5.41. The van der Waals surface area contributed by atoms with Crippen LogP contribution in [-0.4, -0.2) is 18.4 Å². The second-order valence-corrected chi connectivity index (χ2v) is 6.42. The van der Waals surface area contributed by atoms with Crippen LogP contribution in [0.3, 0.4) is 0 Å². The van der Waals surface area contributed by atoms with Crippen molar-refractivity contribution in [2.45, 2.75) is 13.3 Å². The van der Waals surface area contributed by atoms with Crippen molar-refractivity contribution < 1.29 is 9.59 Å². The predicted molar refractivity (Wildman–Crippen MR) is 99.2 cm³/mol. The number of nitrogens with zero attached hydrogens (tertiary/aromatic N) is 1. The van der Waals surface area contributed by atoms with Crippen molar-refractivity contribution in [1.29, 1.82) is 0 Å². The fourth-order valence-corrected chi connectivity index (χ4v) is 2.89. The van der Waals surface area contributed by atoms with Gasteiger partial charge in [-0.25, -0.2) is 0 Å².